The zero-order valence-electron chi connectivity index (χ0n) is 15.8. The number of likely N-dealkylation sites (tertiary alicyclic amines) is 1. The van der Waals surface area contributed by atoms with Crippen molar-refractivity contribution in [3.05, 3.63) is 59.4 Å². The Kier molecular flexibility index (Phi) is 5.68. The van der Waals surface area contributed by atoms with Gasteiger partial charge < -0.3 is 9.64 Å². The van der Waals surface area contributed by atoms with E-state index in [4.69, 9.17) is 4.74 Å². The summed E-state index contributed by atoms with van der Waals surface area (Å²) in [6.07, 6.45) is 8.61. The normalized spacial score (nSPS) is 18.1. The second kappa shape index (κ2) is 8.53. The van der Waals surface area contributed by atoms with Gasteiger partial charge in [0.05, 0.1) is 6.54 Å². The summed E-state index contributed by atoms with van der Waals surface area (Å²) in [5.41, 5.74) is 3.08. The van der Waals surface area contributed by atoms with Gasteiger partial charge >= 0.3 is 0 Å². The molecule has 0 unspecified atom stereocenters. The molecular formula is C22H27N3O2. The van der Waals surface area contributed by atoms with Gasteiger partial charge in [-0.1, -0.05) is 18.9 Å². The molecule has 0 bridgehead atoms. The Bertz CT molecular complexity index is 770. The maximum Gasteiger partial charge on any atom is 0.254 e. The third-order valence-corrected chi connectivity index (χ3v) is 5.42. The van der Waals surface area contributed by atoms with Crippen LogP contribution in [0, 0.1) is 0 Å². The molecule has 27 heavy (non-hydrogen) atoms. The molecule has 5 nitrogen and oxygen atoms in total. The summed E-state index contributed by atoms with van der Waals surface area (Å²) in [5, 5.41) is 0. The number of fused-ring (bicyclic) bond motifs is 1. The molecule has 0 N–H and O–H groups in total. The zero-order chi connectivity index (χ0) is 18.5. The first-order valence-corrected chi connectivity index (χ1v) is 9.96. The molecule has 2 aliphatic heterocycles. The number of nitrogens with zero attached hydrogens (tertiary/aromatic N) is 3. The van der Waals surface area contributed by atoms with Crippen molar-refractivity contribution in [2.24, 2.45) is 0 Å². The summed E-state index contributed by atoms with van der Waals surface area (Å²) in [6.45, 7) is 5.04. The largest absolute Gasteiger partial charge is 0.491 e. The number of carbonyl (C=O) groups is 1. The highest BCUT2D eigenvalue weighted by Gasteiger charge is 2.21. The summed E-state index contributed by atoms with van der Waals surface area (Å²) in [7, 11) is 0. The second-order valence-corrected chi connectivity index (χ2v) is 7.44. The van der Waals surface area contributed by atoms with Crippen LogP contribution in [0.2, 0.25) is 0 Å². The maximum absolute atomic E-state index is 12.8. The summed E-state index contributed by atoms with van der Waals surface area (Å²) < 4.78 is 5.91. The molecule has 0 spiro atoms. The lowest BCUT2D eigenvalue weighted by molar-refractivity contribution is 0.0733. The van der Waals surface area contributed by atoms with Crippen molar-refractivity contribution in [3.63, 3.8) is 0 Å². The van der Waals surface area contributed by atoms with E-state index in [2.05, 4.69) is 28.1 Å². The van der Waals surface area contributed by atoms with E-state index in [1.807, 2.05) is 4.90 Å². The van der Waals surface area contributed by atoms with Crippen LogP contribution in [-0.4, -0.2) is 46.9 Å². The Morgan fingerprint density at radius 3 is 2.56 bits per heavy atom. The Labute approximate surface area is 161 Å². The highest BCUT2D eigenvalue weighted by molar-refractivity contribution is 5.94. The van der Waals surface area contributed by atoms with Gasteiger partial charge in [-0.05, 0) is 55.8 Å². The van der Waals surface area contributed by atoms with Gasteiger partial charge in [0.1, 0.15) is 12.4 Å². The molecule has 0 aliphatic carbocycles. The average Bonchev–Trinajstić information content (AvgIpc) is 3.08. The van der Waals surface area contributed by atoms with Crippen molar-refractivity contribution in [1.82, 2.24) is 14.8 Å². The molecule has 2 aliphatic rings. The van der Waals surface area contributed by atoms with Crippen LogP contribution in [0.4, 0.5) is 0 Å². The number of hydrogen-bond acceptors (Lipinski definition) is 4. The van der Waals surface area contributed by atoms with E-state index >= 15 is 0 Å². The van der Waals surface area contributed by atoms with Crippen LogP contribution in [0.5, 0.6) is 5.75 Å². The van der Waals surface area contributed by atoms with Gasteiger partial charge in [-0.2, -0.15) is 0 Å². The van der Waals surface area contributed by atoms with Crippen LogP contribution in [-0.2, 0) is 13.1 Å². The SMILES string of the molecule is O=C(c1ccncc1)N1CCOc2ccc(CN3CCCCCC3)cc2C1. The number of ether oxygens (including phenoxy) is 1. The number of carbonyl (C=O) groups excluding carboxylic acids is 1. The van der Waals surface area contributed by atoms with Gasteiger partial charge in [0.2, 0.25) is 0 Å². The average molecular weight is 365 g/mol. The molecule has 4 rings (SSSR count). The number of amides is 1. The van der Waals surface area contributed by atoms with Crippen LogP contribution in [0.1, 0.15) is 47.2 Å². The highest BCUT2D eigenvalue weighted by Crippen LogP contribution is 2.26. The fourth-order valence-corrected chi connectivity index (χ4v) is 3.95. The molecule has 5 heteroatoms. The summed E-state index contributed by atoms with van der Waals surface area (Å²) in [5.74, 6) is 0.936. The van der Waals surface area contributed by atoms with Crippen molar-refractivity contribution in [2.75, 3.05) is 26.2 Å². The lowest BCUT2D eigenvalue weighted by Crippen LogP contribution is -2.32. The second-order valence-electron chi connectivity index (χ2n) is 7.44. The molecule has 1 aromatic carbocycles. The summed E-state index contributed by atoms with van der Waals surface area (Å²) in [4.78, 5) is 21.3. The van der Waals surface area contributed by atoms with Crippen LogP contribution in [0.25, 0.3) is 0 Å². The van der Waals surface area contributed by atoms with Gasteiger partial charge in [-0.3, -0.25) is 14.7 Å². The van der Waals surface area contributed by atoms with Crippen molar-refractivity contribution in [3.8, 4) is 5.75 Å². The molecule has 1 fully saturated rings. The Morgan fingerprint density at radius 2 is 1.78 bits per heavy atom. The van der Waals surface area contributed by atoms with E-state index in [1.165, 1.54) is 44.3 Å². The molecule has 0 atom stereocenters. The quantitative estimate of drug-likeness (QED) is 0.835. The molecule has 3 heterocycles. The smallest absolute Gasteiger partial charge is 0.254 e. The van der Waals surface area contributed by atoms with E-state index in [1.54, 1.807) is 24.5 Å². The van der Waals surface area contributed by atoms with E-state index < -0.39 is 0 Å². The predicted octanol–water partition coefficient (Wildman–Crippen LogP) is 3.49. The van der Waals surface area contributed by atoms with Gasteiger partial charge in [-0.15, -0.1) is 0 Å². The molecule has 142 valence electrons. The lowest BCUT2D eigenvalue weighted by Gasteiger charge is -2.22. The molecule has 1 amide bonds. The highest BCUT2D eigenvalue weighted by atomic mass is 16.5. The Morgan fingerprint density at radius 1 is 1.00 bits per heavy atom. The first kappa shape index (κ1) is 18.0. The number of pyridine rings is 1. The minimum absolute atomic E-state index is 0.0340. The number of aromatic nitrogens is 1. The first-order chi connectivity index (χ1) is 13.3. The van der Waals surface area contributed by atoms with E-state index in [9.17, 15) is 4.79 Å². The molecule has 0 radical (unpaired) electrons. The zero-order valence-corrected chi connectivity index (χ0v) is 15.8. The number of hydrogen-bond donors (Lipinski definition) is 0. The van der Waals surface area contributed by atoms with Crippen molar-refractivity contribution in [2.45, 2.75) is 38.8 Å². The third-order valence-electron chi connectivity index (χ3n) is 5.42. The molecular weight excluding hydrogens is 338 g/mol. The molecule has 0 saturated carbocycles. The van der Waals surface area contributed by atoms with E-state index in [0.29, 0.717) is 25.3 Å². The van der Waals surface area contributed by atoms with E-state index in [0.717, 1.165) is 17.9 Å². The van der Waals surface area contributed by atoms with Crippen LogP contribution < -0.4 is 4.74 Å². The van der Waals surface area contributed by atoms with Gasteiger partial charge in [-0.25, -0.2) is 0 Å². The fraction of sp³-hybridized carbons (Fsp3) is 0.455. The van der Waals surface area contributed by atoms with Gasteiger partial charge in [0.25, 0.3) is 5.91 Å². The van der Waals surface area contributed by atoms with Crippen molar-refractivity contribution in [1.29, 1.82) is 0 Å². The third kappa shape index (κ3) is 4.48. The minimum Gasteiger partial charge on any atom is -0.491 e. The molecule has 1 aromatic heterocycles. The van der Waals surface area contributed by atoms with E-state index in [-0.39, 0.29) is 5.91 Å². The lowest BCUT2D eigenvalue weighted by atomic mass is 10.1. The van der Waals surface area contributed by atoms with Crippen molar-refractivity contribution < 1.29 is 9.53 Å². The summed E-state index contributed by atoms with van der Waals surface area (Å²) in [6, 6.07) is 10.0. The van der Waals surface area contributed by atoms with Gasteiger partial charge in [0.15, 0.2) is 0 Å². The topological polar surface area (TPSA) is 45.7 Å². The Hall–Kier alpha value is -2.40. The Balaban J connectivity index is 1.50. The fourth-order valence-electron chi connectivity index (χ4n) is 3.95. The first-order valence-electron chi connectivity index (χ1n) is 9.96. The number of rotatable bonds is 3. The minimum atomic E-state index is 0.0340. The van der Waals surface area contributed by atoms with Crippen LogP contribution in [0.3, 0.4) is 0 Å². The molecule has 2 aromatic rings. The summed E-state index contributed by atoms with van der Waals surface area (Å²) >= 11 is 0. The standard InChI is InChI=1S/C22H27N3O2/c26-22(19-7-9-23-10-8-19)25-13-14-27-21-6-5-18(15-20(21)17-25)16-24-11-3-1-2-4-12-24/h5-10,15H,1-4,11-14,16-17H2. The van der Waals surface area contributed by atoms with Gasteiger partial charge in [0, 0.05) is 36.6 Å². The molecule has 1 saturated heterocycles. The maximum atomic E-state index is 12.8. The monoisotopic (exact) mass is 365 g/mol. The van der Waals surface area contributed by atoms with Crippen LogP contribution >= 0.6 is 0 Å². The van der Waals surface area contributed by atoms with Crippen LogP contribution in [0.15, 0.2) is 42.7 Å². The number of benzene rings is 1. The van der Waals surface area contributed by atoms with Crippen molar-refractivity contribution >= 4 is 5.91 Å². The predicted molar refractivity (Wildman–Crippen MR) is 105 cm³/mol.